The van der Waals surface area contributed by atoms with Gasteiger partial charge < -0.3 is 10.1 Å². The molecule has 1 aromatic rings. The van der Waals surface area contributed by atoms with E-state index in [0.717, 1.165) is 0 Å². The number of likely N-dealkylation sites (N-methyl/N-ethyl adjacent to an activating group) is 1. The van der Waals surface area contributed by atoms with Crippen molar-refractivity contribution in [1.82, 2.24) is 5.32 Å². The number of halogens is 7. The molecule has 1 aromatic carbocycles. The van der Waals surface area contributed by atoms with E-state index in [1.165, 1.54) is 25.2 Å². The molecular weight excluding hydrogens is 368 g/mol. The fraction of sp³-hybridized carbons (Fsp3) is 0.500. The Morgan fingerprint density at radius 3 is 2.05 bits per heavy atom. The number of benzene rings is 1. The van der Waals surface area contributed by atoms with Crippen molar-refractivity contribution >= 4 is 15.9 Å². The van der Waals surface area contributed by atoms with Crippen LogP contribution in [0.25, 0.3) is 0 Å². The summed E-state index contributed by atoms with van der Waals surface area (Å²) in [7, 11) is 1.41. The van der Waals surface area contributed by atoms with Crippen LogP contribution in [0, 0.1) is 0 Å². The molecule has 0 aliphatic rings. The predicted molar refractivity (Wildman–Crippen MR) is 67.8 cm³/mol. The van der Waals surface area contributed by atoms with Gasteiger partial charge in [0.15, 0.2) is 0 Å². The summed E-state index contributed by atoms with van der Waals surface area (Å²) in [5.41, 5.74) is 0.199. The van der Waals surface area contributed by atoms with Crippen molar-refractivity contribution < 1.29 is 31.1 Å². The standard InChI is InChI=1S/C12H12BrF6NO/c1-20-6-9(7-4-2-3-5-8(7)13)21-10(11(14,15)16)12(17,18)19/h2-5,9-10,20H,6H2,1H3. The Balaban J connectivity index is 3.09. The number of alkyl halides is 6. The third kappa shape index (κ3) is 5.15. The Morgan fingerprint density at radius 2 is 1.62 bits per heavy atom. The zero-order chi connectivity index (χ0) is 16.3. The van der Waals surface area contributed by atoms with Gasteiger partial charge in [-0.3, -0.25) is 0 Å². The van der Waals surface area contributed by atoms with Crippen LogP contribution in [-0.4, -0.2) is 32.0 Å². The highest BCUT2D eigenvalue weighted by molar-refractivity contribution is 9.10. The molecule has 0 bridgehead atoms. The average molecular weight is 380 g/mol. The monoisotopic (exact) mass is 379 g/mol. The molecule has 0 saturated heterocycles. The number of ether oxygens (including phenoxy) is 1. The topological polar surface area (TPSA) is 21.3 Å². The van der Waals surface area contributed by atoms with Gasteiger partial charge in [-0.25, -0.2) is 0 Å². The Morgan fingerprint density at radius 1 is 1.10 bits per heavy atom. The van der Waals surface area contributed by atoms with Crippen molar-refractivity contribution in [2.24, 2.45) is 0 Å². The van der Waals surface area contributed by atoms with Crippen LogP contribution in [0.5, 0.6) is 0 Å². The van der Waals surface area contributed by atoms with Crippen molar-refractivity contribution in [3.63, 3.8) is 0 Å². The predicted octanol–water partition coefficient (Wildman–Crippen LogP) is 4.22. The number of nitrogens with one attached hydrogen (secondary N) is 1. The Kier molecular flexibility index (Phi) is 6.06. The molecule has 2 nitrogen and oxygen atoms in total. The van der Waals surface area contributed by atoms with Gasteiger partial charge in [-0.05, 0) is 18.7 Å². The maximum absolute atomic E-state index is 12.6. The summed E-state index contributed by atoms with van der Waals surface area (Å²) >= 11 is 3.09. The zero-order valence-electron chi connectivity index (χ0n) is 10.7. The lowest BCUT2D eigenvalue weighted by atomic mass is 10.1. The summed E-state index contributed by atoms with van der Waals surface area (Å²) in [5.74, 6) is 0. The third-order valence-corrected chi connectivity index (χ3v) is 3.26. The normalized spacial score (nSPS) is 14.5. The molecule has 0 heterocycles. The maximum atomic E-state index is 12.6. The number of hydrogen-bond acceptors (Lipinski definition) is 2. The minimum atomic E-state index is -5.54. The van der Waals surface area contributed by atoms with E-state index in [4.69, 9.17) is 0 Å². The Hall–Kier alpha value is -0.800. The highest BCUT2D eigenvalue weighted by Crippen LogP contribution is 2.39. The fourth-order valence-corrected chi connectivity index (χ4v) is 2.20. The molecule has 0 amide bonds. The van der Waals surface area contributed by atoms with Gasteiger partial charge in [-0.1, -0.05) is 34.1 Å². The van der Waals surface area contributed by atoms with Gasteiger partial charge in [0.1, 0.15) is 0 Å². The molecule has 120 valence electrons. The van der Waals surface area contributed by atoms with Crippen molar-refractivity contribution in [3.05, 3.63) is 34.3 Å². The van der Waals surface area contributed by atoms with E-state index in [1.807, 2.05) is 0 Å². The van der Waals surface area contributed by atoms with E-state index in [9.17, 15) is 26.3 Å². The molecule has 9 heteroatoms. The van der Waals surface area contributed by atoms with Crippen LogP contribution in [0.3, 0.4) is 0 Å². The Bertz CT molecular complexity index is 448. The summed E-state index contributed by atoms with van der Waals surface area (Å²) < 4.78 is 80.0. The molecule has 1 unspecified atom stereocenters. The Labute approximate surface area is 125 Å². The second-order valence-corrected chi connectivity index (χ2v) is 5.02. The lowest BCUT2D eigenvalue weighted by Crippen LogP contribution is -2.46. The van der Waals surface area contributed by atoms with Crippen molar-refractivity contribution in [1.29, 1.82) is 0 Å². The van der Waals surface area contributed by atoms with E-state index < -0.39 is 24.6 Å². The first-order valence-corrected chi connectivity index (χ1v) is 6.54. The van der Waals surface area contributed by atoms with Crippen LogP contribution in [0.1, 0.15) is 11.7 Å². The molecule has 0 spiro atoms. The molecule has 0 aliphatic carbocycles. The van der Waals surface area contributed by atoms with E-state index >= 15 is 0 Å². The third-order valence-electron chi connectivity index (χ3n) is 2.54. The SMILES string of the molecule is CNCC(OC(C(F)(F)F)C(F)(F)F)c1ccccc1Br. The van der Waals surface area contributed by atoms with Gasteiger partial charge >= 0.3 is 12.4 Å². The maximum Gasteiger partial charge on any atom is 0.423 e. The smallest absolute Gasteiger partial charge is 0.351 e. The van der Waals surface area contributed by atoms with Crippen LogP contribution < -0.4 is 5.32 Å². The van der Waals surface area contributed by atoms with E-state index in [2.05, 4.69) is 26.0 Å². The van der Waals surface area contributed by atoms with Crippen molar-refractivity contribution in [2.75, 3.05) is 13.6 Å². The second-order valence-electron chi connectivity index (χ2n) is 4.17. The van der Waals surface area contributed by atoms with Crippen LogP contribution in [0.15, 0.2) is 28.7 Å². The molecule has 0 saturated carbocycles. The van der Waals surface area contributed by atoms with E-state index in [0.29, 0.717) is 4.47 Å². The summed E-state index contributed by atoms with van der Waals surface area (Å²) in [4.78, 5) is 0. The van der Waals surface area contributed by atoms with Crippen LogP contribution in [-0.2, 0) is 4.74 Å². The molecule has 0 aromatic heterocycles. The quantitative estimate of drug-likeness (QED) is 0.773. The zero-order valence-corrected chi connectivity index (χ0v) is 12.3. The minimum absolute atomic E-state index is 0.199. The van der Waals surface area contributed by atoms with Crippen molar-refractivity contribution in [2.45, 2.75) is 24.6 Å². The first-order chi connectivity index (χ1) is 9.57. The highest BCUT2D eigenvalue weighted by atomic mass is 79.9. The molecule has 0 fully saturated rings. The average Bonchev–Trinajstić information content (AvgIpc) is 2.32. The molecule has 1 N–H and O–H groups in total. The van der Waals surface area contributed by atoms with Crippen LogP contribution >= 0.6 is 15.9 Å². The van der Waals surface area contributed by atoms with E-state index in [1.54, 1.807) is 6.07 Å². The lowest BCUT2D eigenvalue weighted by Gasteiger charge is -2.28. The largest absolute Gasteiger partial charge is 0.423 e. The molecule has 0 radical (unpaired) electrons. The van der Waals surface area contributed by atoms with Crippen LogP contribution in [0.4, 0.5) is 26.3 Å². The first kappa shape index (κ1) is 18.2. The molecular formula is C12H12BrF6NO. The molecule has 1 atom stereocenters. The summed E-state index contributed by atoms with van der Waals surface area (Å²) in [6.07, 6.45) is -16.3. The van der Waals surface area contributed by atoms with Gasteiger partial charge in [0.05, 0.1) is 6.10 Å². The van der Waals surface area contributed by atoms with Gasteiger partial charge in [-0.15, -0.1) is 0 Å². The number of hydrogen-bond donors (Lipinski definition) is 1. The first-order valence-electron chi connectivity index (χ1n) is 5.75. The second kappa shape index (κ2) is 6.97. The summed E-state index contributed by atoms with van der Waals surface area (Å²) in [5, 5.41) is 2.52. The molecule has 21 heavy (non-hydrogen) atoms. The summed E-state index contributed by atoms with van der Waals surface area (Å²) in [6.45, 7) is -0.203. The van der Waals surface area contributed by atoms with Crippen LogP contribution in [0.2, 0.25) is 0 Å². The van der Waals surface area contributed by atoms with Gasteiger partial charge in [0, 0.05) is 11.0 Å². The molecule has 0 aliphatic heterocycles. The highest BCUT2D eigenvalue weighted by Gasteiger charge is 2.58. The summed E-state index contributed by atoms with van der Waals surface area (Å²) in [6, 6.07) is 6.00. The van der Waals surface area contributed by atoms with Gasteiger partial charge in [0.2, 0.25) is 6.10 Å². The van der Waals surface area contributed by atoms with Gasteiger partial charge in [-0.2, -0.15) is 26.3 Å². The van der Waals surface area contributed by atoms with Gasteiger partial charge in [0.25, 0.3) is 0 Å². The van der Waals surface area contributed by atoms with E-state index in [-0.39, 0.29) is 12.1 Å². The number of rotatable bonds is 5. The van der Waals surface area contributed by atoms with Crippen molar-refractivity contribution in [3.8, 4) is 0 Å². The molecule has 1 rings (SSSR count). The minimum Gasteiger partial charge on any atom is -0.351 e. The fourth-order valence-electron chi connectivity index (χ4n) is 1.66. The lowest BCUT2D eigenvalue weighted by molar-refractivity contribution is -0.331.